The minimum absolute atomic E-state index is 0.0242. The fourth-order valence-corrected chi connectivity index (χ4v) is 2.82. The Kier molecular flexibility index (Phi) is 3.59. The molecule has 0 saturated carbocycles. The molecular weight excluding hydrogens is 270 g/mol. The monoisotopic (exact) mass is 279 g/mol. The van der Waals surface area contributed by atoms with Crippen molar-refractivity contribution < 1.29 is 9.59 Å². The summed E-state index contributed by atoms with van der Waals surface area (Å²) in [4.78, 5) is 28.0. The van der Waals surface area contributed by atoms with Gasteiger partial charge in [0.25, 0.3) is 0 Å². The van der Waals surface area contributed by atoms with Crippen LogP contribution in [0.1, 0.15) is 33.9 Å². The Labute approximate surface area is 113 Å². The summed E-state index contributed by atoms with van der Waals surface area (Å²) in [5, 5.41) is 0.507. The van der Waals surface area contributed by atoms with E-state index >= 15 is 0 Å². The number of carbonyl (C=O) groups is 2. The maximum Gasteiger partial charge on any atom is 0.169 e. The maximum atomic E-state index is 11.3. The molecule has 2 aromatic heterocycles. The number of rotatable bonds is 3. The van der Waals surface area contributed by atoms with Crippen LogP contribution in [0.3, 0.4) is 0 Å². The predicted molar refractivity (Wildman–Crippen MR) is 72.6 cm³/mol. The highest BCUT2D eigenvalue weighted by molar-refractivity contribution is 7.18. The van der Waals surface area contributed by atoms with Gasteiger partial charge in [-0.15, -0.1) is 11.3 Å². The average Bonchev–Trinajstić information content (AvgIpc) is 2.72. The molecule has 0 aliphatic heterocycles. The predicted octanol–water partition coefficient (Wildman–Crippen LogP) is 3.87. The van der Waals surface area contributed by atoms with Crippen molar-refractivity contribution in [2.75, 3.05) is 0 Å². The van der Waals surface area contributed by atoms with Crippen LogP contribution in [0.25, 0.3) is 10.4 Å². The lowest BCUT2D eigenvalue weighted by molar-refractivity contribution is 0.101. The van der Waals surface area contributed by atoms with Gasteiger partial charge in [-0.1, -0.05) is 11.6 Å². The summed E-state index contributed by atoms with van der Waals surface area (Å²) in [7, 11) is 0. The maximum absolute atomic E-state index is 11.3. The molecule has 0 aliphatic rings. The van der Waals surface area contributed by atoms with E-state index in [0.29, 0.717) is 15.5 Å². The molecule has 0 atom stereocenters. The lowest BCUT2D eigenvalue weighted by atomic mass is 10.1. The molecule has 0 N–H and O–H groups in total. The van der Waals surface area contributed by atoms with Gasteiger partial charge in [0.15, 0.2) is 11.6 Å². The normalized spacial score (nSPS) is 10.4. The van der Waals surface area contributed by atoms with Gasteiger partial charge in [-0.3, -0.25) is 14.6 Å². The van der Waals surface area contributed by atoms with Crippen molar-refractivity contribution in [1.82, 2.24) is 4.98 Å². The first-order valence-electron chi connectivity index (χ1n) is 5.25. The number of aromatic nitrogens is 1. The highest BCUT2D eigenvalue weighted by atomic mass is 35.5. The Balaban J connectivity index is 2.51. The lowest BCUT2D eigenvalue weighted by Crippen LogP contribution is -1.93. The number of pyridine rings is 1. The quantitative estimate of drug-likeness (QED) is 0.801. The first kappa shape index (κ1) is 12.9. The van der Waals surface area contributed by atoms with Crippen molar-refractivity contribution in [2.45, 2.75) is 13.8 Å². The molecule has 0 spiro atoms. The van der Waals surface area contributed by atoms with E-state index in [4.69, 9.17) is 11.6 Å². The van der Waals surface area contributed by atoms with Crippen molar-refractivity contribution in [3.63, 3.8) is 0 Å². The summed E-state index contributed by atoms with van der Waals surface area (Å²) in [5.74, 6) is -0.0762. The molecule has 0 aromatic carbocycles. The molecule has 0 amide bonds. The molecule has 92 valence electrons. The Hall–Kier alpha value is -1.52. The molecular formula is C13H10ClNO2S. The summed E-state index contributed by atoms with van der Waals surface area (Å²) in [6, 6.07) is 3.38. The summed E-state index contributed by atoms with van der Waals surface area (Å²) in [6.07, 6.45) is 3.15. The van der Waals surface area contributed by atoms with Gasteiger partial charge in [-0.05, 0) is 26.0 Å². The fourth-order valence-electron chi connectivity index (χ4n) is 1.50. The molecule has 0 aliphatic carbocycles. The number of nitrogens with zero attached hydrogens (tertiary/aromatic N) is 1. The standard InChI is InChI=1S/C13H10ClNO2S/c1-7(16)9-3-10(6-15-5-9)13-11(14)4-12(18-13)8(2)17/h3-6H,1-2H3. The van der Waals surface area contributed by atoms with Gasteiger partial charge >= 0.3 is 0 Å². The minimum atomic E-state index is -0.0520. The summed E-state index contributed by atoms with van der Waals surface area (Å²) in [6.45, 7) is 2.98. The van der Waals surface area contributed by atoms with Crippen molar-refractivity contribution in [1.29, 1.82) is 0 Å². The van der Waals surface area contributed by atoms with Gasteiger partial charge in [0.1, 0.15) is 0 Å². The number of carbonyl (C=O) groups excluding carboxylic acids is 2. The molecule has 5 heteroatoms. The number of thiophene rings is 1. The van der Waals surface area contributed by atoms with Gasteiger partial charge in [0.2, 0.25) is 0 Å². The summed E-state index contributed by atoms with van der Waals surface area (Å²) in [5.41, 5.74) is 1.28. The molecule has 0 radical (unpaired) electrons. The molecule has 18 heavy (non-hydrogen) atoms. The SMILES string of the molecule is CC(=O)c1cncc(-c2sc(C(C)=O)cc2Cl)c1. The average molecular weight is 280 g/mol. The van der Waals surface area contributed by atoms with Crippen LogP contribution in [0.5, 0.6) is 0 Å². The van der Waals surface area contributed by atoms with Crippen molar-refractivity contribution in [3.05, 3.63) is 40.0 Å². The molecule has 3 nitrogen and oxygen atoms in total. The van der Waals surface area contributed by atoms with Crippen LogP contribution in [0.4, 0.5) is 0 Å². The number of halogens is 1. The fraction of sp³-hybridized carbons (Fsp3) is 0.154. The van der Waals surface area contributed by atoms with Crippen molar-refractivity contribution >= 4 is 34.5 Å². The van der Waals surface area contributed by atoms with Gasteiger partial charge in [0.05, 0.1) is 14.8 Å². The molecule has 0 fully saturated rings. The second kappa shape index (κ2) is 5.00. The zero-order chi connectivity index (χ0) is 13.3. The molecule has 0 saturated heterocycles. The van der Waals surface area contributed by atoms with Crippen LogP contribution >= 0.6 is 22.9 Å². The third-order valence-electron chi connectivity index (χ3n) is 2.44. The van der Waals surface area contributed by atoms with Crippen molar-refractivity contribution in [2.24, 2.45) is 0 Å². The van der Waals surface area contributed by atoms with E-state index in [2.05, 4.69) is 4.98 Å². The van der Waals surface area contributed by atoms with Crippen LogP contribution in [0.2, 0.25) is 5.02 Å². The van der Waals surface area contributed by atoms with Crippen LogP contribution in [-0.2, 0) is 0 Å². The molecule has 0 bridgehead atoms. The number of Topliss-reactive ketones (excluding diaryl/α,β-unsaturated/α-hetero) is 2. The lowest BCUT2D eigenvalue weighted by Gasteiger charge is -2.00. The zero-order valence-corrected chi connectivity index (χ0v) is 11.4. The Morgan fingerprint density at radius 2 is 1.89 bits per heavy atom. The summed E-state index contributed by atoms with van der Waals surface area (Å²) < 4.78 is 0. The van der Waals surface area contributed by atoms with Crippen LogP contribution < -0.4 is 0 Å². The van der Waals surface area contributed by atoms with Crippen LogP contribution in [-0.4, -0.2) is 16.6 Å². The van der Waals surface area contributed by atoms with Gasteiger partial charge in [-0.25, -0.2) is 0 Å². The minimum Gasteiger partial charge on any atom is -0.294 e. The first-order chi connectivity index (χ1) is 8.49. The first-order valence-corrected chi connectivity index (χ1v) is 6.45. The van der Waals surface area contributed by atoms with Gasteiger partial charge < -0.3 is 0 Å². The third-order valence-corrected chi connectivity index (χ3v) is 4.14. The van der Waals surface area contributed by atoms with E-state index < -0.39 is 0 Å². The highest BCUT2D eigenvalue weighted by Gasteiger charge is 2.13. The van der Waals surface area contributed by atoms with Crippen molar-refractivity contribution in [3.8, 4) is 10.4 Å². The zero-order valence-electron chi connectivity index (χ0n) is 9.86. The number of ketones is 2. The number of hydrogen-bond acceptors (Lipinski definition) is 4. The molecule has 0 unspecified atom stereocenters. The Morgan fingerprint density at radius 3 is 2.44 bits per heavy atom. The topological polar surface area (TPSA) is 47.0 Å². The Bertz CT molecular complexity index is 634. The second-order valence-electron chi connectivity index (χ2n) is 3.86. The molecule has 2 rings (SSSR count). The summed E-state index contributed by atoms with van der Waals surface area (Å²) >= 11 is 7.41. The van der Waals surface area contributed by atoms with E-state index in [-0.39, 0.29) is 11.6 Å². The van der Waals surface area contributed by atoms with E-state index in [0.717, 1.165) is 10.4 Å². The van der Waals surface area contributed by atoms with Gasteiger partial charge in [-0.2, -0.15) is 0 Å². The van der Waals surface area contributed by atoms with E-state index in [9.17, 15) is 9.59 Å². The van der Waals surface area contributed by atoms with E-state index in [1.54, 1.807) is 18.3 Å². The van der Waals surface area contributed by atoms with Crippen LogP contribution in [0, 0.1) is 0 Å². The van der Waals surface area contributed by atoms with E-state index in [1.807, 2.05) is 0 Å². The molecule has 2 aromatic rings. The number of hydrogen-bond donors (Lipinski definition) is 0. The molecule has 2 heterocycles. The van der Waals surface area contributed by atoms with Crippen LogP contribution in [0.15, 0.2) is 24.5 Å². The third kappa shape index (κ3) is 2.49. The van der Waals surface area contributed by atoms with Gasteiger partial charge in [0, 0.05) is 23.5 Å². The Morgan fingerprint density at radius 1 is 1.17 bits per heavy atom. The van der Waals surface area contributed by atoms with E-state index in [1.165, 1.54) is 31.4 Å². The highest BCUT2D eigenvalue weighted by Crippen LogP contribution is 2.36. The second-order valence-corrected chi connectivity index (χ2v) is 5.32. The largest absolute Gasteiger partial charge is 0.294 e. The smallest absolute Gasteiger partial charge is 0.169 e.